The summed E-state index contributed by atoms with van der Waals surface area (Å²) in [4.78, 5) is 26.1. The Hall–Kier alpha value is -0.970. The average molecular weight is 254 g/mol. The van der Waals surface area contributed by atoms with E-state index in [9.17, 15) is 9.59 Å². The lowest BCUT2D eigenvalue weighted by atomic mass is 9.81. The number of fused-ring (bicyclic) bond motifs is 1. The topological polar surface area (TPSA) is 63.4 Å². The van der Waals surface area contributed by atoms with Gasteiger partial charge in [-0.2, -0.15) is 0 Å². The van der Waals surface area contributed by atoms with Gasteiger partial charge in [0.2, 0.25) is 11.8 Å². The van der Waals surface area contributed by atoms with Gasteiger partial charge >= 0.3 is 0 Å². The summed E-state index contributed by atoms with van der Waals surface area (Å²) in [5, 5.41) is 0. The number of nitrogens with zero attached hydrogens (tertiary/aromatic N) is 1. The van der Waals surface area contributed by atoms with Crippen molar-refractivity contribution in [1.29, 1.82) is 0 Å². The van der Waals surface area contributed by atoms with E-state index in [0.717, 1.165) is 25.7 Å². The molecular weight excluding hydrogens is 236 g/mol. The molecule has 0 aromatic heterocycles. The first-order valence-electron chi connectivity index (χ1n) is 6.05. The third kappa shape index (κ3) is 1.76. The zero-order chi connectivity index (χ0) is 12.8. The first-order valence-corrected chi connectivity index (χ1v) is 6.46. The molecule has 2 N–H and O–H groups in total. The van der Waals surface area contributed by atoms with Crippen molar-refractivity contribution in [2.45, 2.75) is 45.1 Å². The minimum absolute atomic E-state index is 0.0856. The molecule has 2 atom stereocenters. The molecular formula is C12H18N2O2S. The Labute approximate surface area is 107 Å². The summed E-state index contributed by atoms with van der Waals surface area (Å²) < 4.78 is 0. The number of amides is 2. The van der Waals surface area contributed by atoms with E-state index in [2.05, 4.69) is 0 Å². The lowest BCUT2D eigenvalue weighted by Crippen LogP contribution is -2.55. The van der Waals surface area contributed by atoms with Crippen molar-refractivity contribution in [1.82, 2.24) is 4.90 Å². The Kier molecular flexibility index (Phi) is 2.97. The molecule has 94 valence electrons. The van der Waals surface area contributed by atoms with E-state index < -0.39 is 5.54 Å². The molecule has 1 aliphatic carbocycles. The summed E-state index contributed by atoms with van der Waals surface area (Å²) in [6, 6.07) is 0. The molecule has 2 fully saturated rings. The normalized spacial score (nSPS) is 29.4. The maximum absolute atomic E-state index is 12.3. The minimum Gasteiger partial charge on any atom is -0.391 e. The van der Waals surface area contributed by atoms with Crippen LogP contribution in [-0.2, 0) is 9.59 Å². The van der Waals surface area contributed by atoms with Crippen molar-refractivity contribution in [3.63, 3.8) is 0 Å². The third-order valence-corrected chi connectivity index (χ3v) is 4.50. The Morgan fingerprint density at radius 3 is 2.00 bits per heavy atom. The SMILES string of the molecule is CC(C)(C(N)=S)N1C(=O)C2CCCCC2C1=O. The van der Waals surface area contributed by atoms with Gasteiger partial charge in [0.15, 0.2) is 0 Å². The van der Waals surface area contributed by atoms with Gasteiger partial charge in [-0.05, 0) is 26.7 Å². The van der Waals surface area contributed by atoms with E-state index in [4.69, 9.17) is 18.0 Å². The number of hydrogen-bond acceptors (Lipinski definition) is 3. The summed E-state index contributed by atoms with van der Waals surface area (Å²) in [7, 11) is 0. The van der Waals surface area contributed by atoms with Crippen molar-refractivity contribution in [2.75, 3.05) is 0 Å². The summed E-state index contributed by atoms with van der Waals surface area (Å²) in [6.07, 6.45) is 3.70. The zero-order valence-electron chi connectivity index (χ0n) is 10.2. The predicted molar refractivity (Wildman–Crippen MR) is 68.2 cm³/mol. The summed E-state index contributed by atoms with van der Waals surface area (Å²) >= 11 is 4.97. The smallest absolute Gasteiger partial charge is 0.233 e. The number of nitrogens with two attached hydrogens (primary N) is 1. The number of carbonyl (C=O) groups is 2. The number of rotatable bonds is 2. The maximum Gasteiger partial charge on any atom is 0.233 e. The fraction of sp³-hybridized carbons (Fsp3) is 0.750. The van der Waals surface area contributed by atoms with Gasteiger partial charge in [0, 0.05) is 0 Å². The lowest BCUT2D eigenvalue weighted by molar-refractivity contribution is -0.143. The molecule has 0 radical (unpaired) electrons. The van der Waals surface area contributed by atoms with Crippen molar-refractivity contribution in [2.24, 2.45) is 17.6 Å². The fourth-order valence-corrected chi connectivity index (χ4v) is 2.91. The Morgan fingerprint density at radius 1 is 1.24 bits per heavy atom. The van der Waals surface area contributed by atoms with Crippen molar-refractivity contribution in [3.05, 3.63) is 0 Å². The molecule has 1 aliphatic heterocycles. The maximum atomic E-state index is 12.3. The second-order valence-corrected chi connectivity index (χ2v) is 5.87. The molecule has 0 spiro atoms. The standard InChI is InChI=1S/C12H18N2O2S/c1-12(2,11(13)17)14-9(15)7-5-3-4-6-8(7)10(14)16/h7-8H,3-6H2,1-2H3,(H2,13,17). The van der Waals surface area contributed by atoms with Crippen LogP contribution in [0.3, 0.4) is 0 Å². The molecule has 1 saturated heterocycles. The molecule has 2 rings (SSSR count). The number of hydrogen-bond donors (Lipinski definition) is 1. The molecule has 17 heavy (non-hydrogen) atoms. The molecule has 0 bridgehead atoms. The quantitative estimate of drug-likeness (QED) is 0.594. The van der Waals surface area contributed by atoms with Gasteiger partial charge in [-0.1, -0.05) is 25.1 Å². The van der Waals surface area contributed by atoms with E-state index in [-0.39, 0.29) is 28.6 Å². The Balaban J connectivity index is 2.34. The van der Waals surface area contributed by atoms with Crippen LogP contribution in [0.5, 0.6) is 0 Å². The van der Waals surface area contributed by atoms with Crippen LogP contribution in [0.15, 0.2) is 0 Å². The predicted octanol–water partition coefficient (Wildman–Crippen LogP) is 1.23. The molecule has 2 unspecified atom stereocenters. The van der Waals surface area contributed by atoms with Gasteiger partial charge in [0.1, 0.15) is 0 Å². The molecule has 5 heteroatoms. The largest absolute Gasteiger partial charge is 0.391 e. The highest BCUT2D eigenvalue weighted by atomic mass is 32.1. The molecule has 4 nitrogen and oxygen atoms in total. The molecule has 2 aliphatic rings. The van der Waals surface area contributed by atoms with E-state index in [1.165, 1.54) is 4.90 Å². The zero-order valence-corrected chi connectivity index (χ0v) is 11.0. The van der Waals surface area contributed by atoms with Crippen LogP contribution in [-0.4, -0.2) is 27.2 Å². The Morgan fingerprint density at radius 2 is 1.65 bits per heavy atom. The number of carbonyl (C=O) groups excluding carboxylic acids is 2. The van der Waals surface area contributed by atoms with E-state index >= 15 is 0 Å². The number of thiocarbonyl (C=S) groups is 1. The van der Waals surface area contributed by atoms with Gasteiger partial charge in [-0.15, -0.1) is 0 Å². The van der Waals surface area contributed by atoms with Crippen LogP contribution in [0.2, 0.25) is 0 Å². The summed E-state index contributed by atoms with van der Waals surface area (Å²) in [6.45, 7) is 3.48. The number of likely N-dealkylation sites (tertiary alicyclic amines) is 1. The Bertz CT molecular complexity index is 368. The van der Waals surface area contributed by atoms with Crippen molar-refractivity contribution in [3.8, 4) is 0 Å². The third-order valence-electron chi connectivity index (χ3n) is 4.00. The molecule has 0 aromatic rings. The van der Waals surface area contributed by atoms with Crippen LogP contribution in [0.4, 0.5) is 0 Å². The van der Waals surface area contributed by atoms with Gasteiger partial charge in [0.25, 0.3) is 0 Å². The molecule has 0 aromatic carbocycles. The van der Waals surface area contributed by atoms with Crippen LogP contribution >= 0.6 is 12.2 Å². The highest BCUT2D eigenvalue weighted by molar-refractivity contribution is 7.80. The fourth-order valence-electron chi connectivity index (χ4n) is 2.82. The van der Waals surface area contributed by atoms with E-state index in [1.807, 2.05) is 0 Å². The molecule has 1 saturated carbocycles. The van der Waals surface area contributed by atoms with Crippen LogP contribution in [0, 0.1) is 11.8 Å². The molecule has 1 heterocycles. The van der Waals surface area contributed by atoms with Gasteiger partial charge in [-0.25, -0.2) is 0 Å². The highest BCUT2D eigenvalue weighted by Gasteiger charge is 2.53. The number of imide groups is 1. The lowest BCUT2D eigenvalue weighted by Gasteiger charge is -2.33. The average Bonchev–Trinajstić information content (AvgIpc) is 2.52. The first kappa shape index (κ1) is 12.5. The van der Waals surface area contributed by atoms with Gasteiger partial charge < -0.3 is 5.73 Å². The van der Waals surface area contributed by atoms with Crippen molar-refractivity contribution < 1.29 is 9.59 Å². The van der Waals surface area contributed by atoms with Crippen LogP contribution in [0.25, 0.3) is 0 Å². The monoisotopic (exact) mass is 254 g/mol. The summed E-state index contributed by atoms with van der Waals surface area (Å²) in [5.74, 6) is -0.440. The van der Waals surface area contributed by atoms with E-state index in [1.54, 1.807) is 13.8 Å². The first-order chi connectivity index (χ1) is 7.87. The second kappa shape index (κ2) is 4.05. The van der Waals surface area contributed by atoms with Gasteiger partial charge in [0.05, 0.1) is 22.4 Å². The molecule has 2 amide bonds. The summed E-state index contributed by atoms with van der Waals surface area (Å²) in [5.41, 5.74) is 4.80. The van der Waals surface area contributed by atoms with Crippen LogP contribution in [0.1, 0.15) is 39.5 Å². The van der Waals surface area contributed by atoms with Crippen LogP contribution < -0.4 is 5.73 Å². The minimum atomic E-state index is -0.846. The second-order valence-electron chi connectivity index (χ2n) is 5.43. The van der Waals surface area contributed by atoms with Gasteiger partial charge in [-0.3, -0.25) is 14.5 Å². The highest BCUT2D eigenvalue weighted by Crippen LogP contribution is 2.40. The van der Waals surface area contributed by atoms with Crippen molar-refractivity contribution >= 4 is 29.0 Å². The van der Waals surface area contributed by atoms with E-state index in [0.29, 0.717) is 0 Å².